The standard InChI is InChI=1S/C18H21N3OS/c1-13(22)17-9-15-11-20(7-4-8-21(15)19-17)10-14-12-23-18-6-3-2-5-16(14)18/h2-3,5-6,9,12-13,22H,4,7-8,10-11H2,1H3/t13-/m1/s1. The molecule has 0 radical (unpaired) electrons. The molecule has 0 aliphatic carbocycles. The average Bonchev–Trinajstić information content (AvgIpc) is 3.08. The summed E-state index contributed by atoms with van der Waals surface area (Å²) >= 11 is 1.82. The van der Waals surface area contributed by atoms with Crippen molar-refractivity contribution in [1.82, 2.24) is 14.7 Å². The molecule has 1 aromatic carbocycles. The van der Waals surface area contributed by atoms with Crippen LogP contribution in [-0.4, -0.2) is 26.3 Å². The van der Waals surface area contributed by atoms with Crippen LogP contribution in [0.5, 0.6) is 0 Å². The molecule has 120 valence electrons. The summed E-state index contributed by atoms with van der Waals surface area (Å²) in [7, 11) is 0. The number of hydrogen-bond donors (Lipinski definition) is 1. The molecule has 2 aromatic heterocycles. The molecular weight excluding hydrogens is 306 g/mol. The van der Waals surface area contributed by atoms with Gasteiger partial charge in [0.05, 0.1) is 17.5 Å². The van der Waals surface area contributed by atoms with Crippen molar-refractivity contribution in [3.05, 3.63) is 52.7 Å². The largest absolute Gasteiger partial charge is 0.387 e. The van der Waals surface area contributed by atoms with Gasteiger partial charge in [-0.3, -0.25) is 9.58 Å². The molecule has 4 rings (SSSR count). The van der Waals surface area contributed by atoms with E-state index < -0.39 is 6.10 Å². The molecule has 0 bridgehead atoms. The van der Waals surface area contributed by atoms with E-state index in [0.717, 1.165) is 38.3 Å². The fourth-order valence-corrected chi connectivity index (χ4v) is 4.24. The normalized spacial score (nSPS) is 17.1. The first-order chi connectivity index (χ1) is 11.2. The Labute approximate surface area is 140 Å². The summed E-state index contributed by atoms with van der Waals surface area (Å²) in [5.74, 6) is 0. The number of aliphatic hydroxyl groups is 1. The molecule has 1 aliphatic rings. The van der Waals surface area contributed by atoms with E-state index in [2.05, 4.69) is 50.4 Å². The van der Waals surface area contributed by atoms with Crippen LogP contribution in [0.2, 0.25) is 0 Å². The first-order valence-corrected chi connectivity index (χ1v) is 9.01. The molecule has 3 aromatic rings. The van der Waals surface area contributed by atoms with Crippen LogP contribution in [0.4, 0.5) is 0 Å². The number of aromatic nitrogens is 2. The Morgan fingerprint density at radius 3 is 3.04 bits per heavy atom. The third-order valence-corrected chi connectivity index (χ3v) is 5.51. The Bertz CT molecular complexity index is 821. The van der Waals surface area contributed by atoms with E-state index in [1.165, 1.54) is 21.3 Å². The summed E-state index contributed by atoms with van der Waals surface area (Å²) in [6.45, 7) is 5.65. The maximum Gasteiger partial charge on any atom is 0.0950 e. The van der Waals surface area contributed by atoms with Gasteiger partial charge < -0.3 is 5.11 Å². The van der Waals surface area contributed by atoms with Crippen molar-refractivity contribution in [2.24, 2.45) is 0 Å². The summed E-state index contributed by atoms with van der Waals surface area (Å²) in [4.78, 5) is 2.49. The van der Waals surface area contributed by atoms with Crippen molar-refractivity contribution in [3.63, 3.8) is 0 Å². The number of aliphatic hydroxyl groups excluding tert-OH is 1. The van der Waals surface area contributed by atoms with E-state index in [0.29, 0.717) is 0 Å². The van der Waals surface area contributed by atoms with Crippen molar-refractivity contribution in [3.8, 4) is 0 Å². The zero-order valence-corrected chi connectivity index (χ0v) is 14.1. The lowest BCUT2D eigenvalue weighted by atomic mass is 10.1. The van der Waals surface area contributed by atoms with E-state index in [-0.39, 0.29) is 0 Å². The molecule has 0 saturated heterocycles. The van der Waals surface area contributed by atoms with Crippen LogP contribution in [0.3, 0.4) is 0 Å². The zero-order chi connectivity index (χ0) is 15.8. The van der Waals surface area contributed by atoms with Crippen molar-refractivity contribution >= 4 is 21.4 Å². The number of nitrogens with zero attached hydrogens (tertiary/aromatic N) is 3. The number of hydrogen-bond acceptors (Lipinski definition) is 4. The Balaban J connectivity index is 1.57. The topological polar surface area (TPSA) is 41.3 Å². The maximum atomic E-state index is 9.75. The van der Waals surface area contributed by atoms with Crippen LogP contribution in [0, 0.1) is 0 Å². The highest BCUT2D eigenvalue weighted by Gasteiger charge is 2.19. The van der Waals surface area contributed by atoms with Crippen LogP contribution >= 0.6 is 11.3 Å². The lowest BCUT2D eigenvalue weighted by molar-refractivity contribution is 0.193. The molecule has 0 saturated carbocycles. The van der Waals surface area contributed by atoms with Gasteiger partial charge in [-0.25, -0.2) is 0 Å². The molecule has 0 fully saturated rings. The molecule has 0 unspecified atom stereocenters. The summed E-state index contributed by atoms with van der Waals surface area (Å²) in [5, 5.41) is 17.9. The predicted octanol–water partition coefficient (Wildman–Crippen LogP) is 3.56. The fraction of sp³-hybridized carbons (Fsp3) is 0.389. The first-order valence-electron chi connectivity index (χ1n) is 8.13. The predicted molar refractivity (Wildman–Crippen MR) is 93.4 cm³/mol. The van der Waals surface area contributed by atoms with Crippen LogP contribution in [0.25, 0.3) is 10.1 Å². The smallest absolute Gasteiger partial charge is 0.0950 e. The highest BCUT2D eigenvalue weighted by Crippen LogP contribution is 2.28. The summed E-state index contributed by atoms with van der Waals surface area (Å²) < 4.78 is 3.42. The summed E-state index contributed by atoms with van der Waals surface area (Å²) in [6.07, 6.45) is 0.597. The molecule has 5 heteroatoms. The van der Waals surface area contributed by atoms with Gasteiger partial charge in [-0.15, -0.1) is 11.3 Å². The Hall–Kier alpha value is -1.69. The van der Waals surface area contributed by atoms with E-state index in [1.54, 1.807) is 6.92 Å². The van der Waals surface area contributed by atoms with E-state index in [4.69, 9.17) is 0 Å². The van der Waals surface area contributed by atoms with Crippen molar-refractivity contribution in [1.29, 1.82) is 0 Å². The van der Waals surface area contributed by atoms with Gasteiger partial charge in [-0.2, -0.15) is 5.10 Å². The van der Waals surface area contributed by atoms with E-state index >= 15 is 0 Å². The van der Waals surface area contributed by atoms with Gasteiger partial charge in [0.2, 0.25) is 0 Å². The molecule has 1 aliphatic heterocycles. The minimum Gasteiger partial charge on any atom is -0.387 e. The van der Waals surface area contributed by atoms with Gasteiger partial charge in [0.15, 0.2) is 0 Å². The quantitative estimate of drug-likeness (QED) is 0.800. The van der Waals surface area contributed by atoms with Gasteiger partial charge in [0.1, 0.15) is 0 Å². The van der Waals surface area contributed by atoms with E-state index in [1.807, 2.05) is 11.3 Å². The molecule has 3 heterocycles. The Morgan fingerprint density at radius 2 is 2.17 bits per heavy atom. The zero-order valence-electron chi connectivity index (χ0n) is 13.3. The van der Waals surface area contributed by atoms with Gasteiger partial charge in [-0.05, 0) is 41.8 Å². The third kappa shape index (κ3) is 2.92. The first kappa shape index (κ1) is 14.9. The van der Waals surface area contributed by atoms with Crippen molar-refractivity contribution < 1.29 is 5.11 Å². The van der Waals surface area contributed by atoms with Gasteiger partial charge in [0.25, 0.3) is 0 Å². The average molecular weight is 327 g/mol. The number of rotatable bonds is 3. The van der Waals surface area contributed by atoms with Crippen molar-refractivity contribution in [2.75, 3.05) is 6.54 Å². The SMILES string of the molecule is C[C@@H](O)c1cc2n(n1)CCCN(Cc1csc3ccccc13)C2. The van der Waals surface area contributed by atoms with E-state index in [9.17, 15) is 5.11 Å². The second kappa shape index (κ2) is 6.07. The van der Waals surface area contributed by atoms with Crippen LogP contribution in [0.1, 0.15) is 36.4 Å². The lowest BCUT2D eigenvalue weighted by Gasteiger charge is -2.19. The highest BCUT2D eigenvalue weighted by molar-refractivity contribution is 7.17. The molecule has 0 amide bonds. The van der Waals surface area contributed by atoms with Crippen molar-refractivity contribution in [2.45, 2.75) is 39.1 Å². The summed E-state index contributed by atoms with van der Waals surface area (Å²) in [6, 6.07) is 10.7. The van der Waals surface area contributed by atoms with Gasteiger partial charge in [0, 0.05) is 30.9 Å². The van der Waals surface area contributed by atoms with Crippen LogP contribution in [-0.2, 0) is 19.6 Å². The highest BCUT2D eigenvalue weighted by atomic mass is 32.1. The number of fused-ring (bicyclic) bond motifs is 2. The number of aryl methyl sites for hydroxylation is 1. The maximum absolute atomic E-state index is 9.75. The molecule has 1 N–H and O–H groups in total. The van der Waals surface area contributed by atoms with Crippen LogP contribution < -0.4 is 0 Å². The second-order valence-electron chi connectivity index (χ2n) is 6.28. The van der Waals surface area contributed by atoms with Gasteiger partial charge >= 0.3 is 0 Å². The summed E-state index contributed by atoms with van der Waals surface area (Å²) in [5.41, 5.74) is 3.40. The minimum atomic E-state index is -0.497. The molecule has 23 heavy (non-hydrogen) atoms. The lowest BCUT2D eigenvalue weighted by Crippen LogP contribution is -2.22. The number of benzene rings is 1. The molecular formula is C18H21N3OS. The fourth-order valence-electron chi connectivity index (χ4n) is 3.29. The van der Waals surface area contributed by atoms with Gasteiger partial charge in [-0.1, -0.05) is 18.2 Å². The Morgan fingerprint density at radius 1 is 1.30 bits per heavy atom. The Kier molecular flexibility index (Phi) is 3.93. The second-order valence-corrected chi connectivity index (χ2v) is 7.19. The number of thiophene rings is 1. The minimum absolute atomic E-state index is 0.497. The van der Waals surface area contributed by atoms with Crippen LogP contribution in [0.15, 0.2) is 35.7 Å². The molecule has 0 spiro atoms. The molecule has 1 atom stereocenters. The molecule has 4 nitrogen and oxygen atoms in total. The third-order valence-electron chi connectivity index (χ3n) is 4.50. The monoisotopic (exact) mass is 327 g/mol.